The molecule has 0 aliphatic rings. The summed E-state index contributed by atoms with van der Waals surface area (Å²) in [5.74, 6) is -0.527. The number of methoxy groups -OCH3 is 1. The van der Waals surface area contributed by atoms with E-state index in [4.69, 9.17) is 27.9 Å². The first-order valence-electron chi connectivity index (χ1n) is 10.6. The molecule has 2 rings (SSSR count). The predicted molar refractivity (Wildman–Crippen MR) is 135 cm³/mol. The first kappa shape index (κ1) is 27.8. The van der Waals surface area contributed by atoms with Gasteiger partial charge in [0.25, 0.3) is 0 Å². The van der Waals surface area contributed by atoms with E-state index < -0.39 is 28.5 Å². The van der Waals surface area contributed by atoms with Gasteiger partial charge in [0.2, 0.25) is 21.8 Å². The number of benzene rings is 2. The Balaban J connectivity index is 2.40. The number of nitrogens with one attached hydrogen (secondary N) is 1. The fourth-order valence-electron chi connectivity index (χ4n) is 3.23. The summed E-state index contributed by atoms with van der Waals surface area (Å²) in [4.78, 5) is 27.5. The van der Waals surface area contributed by atoms with Crippen molar-refractivity contribution in [2.45, 2.75) is 32.9 Å². The summed E-state index contributed by atoms with van der Waals surface area (Å²) in [5, 5.41) is 3.46. The fraction of sp³-hybridized carbons (Fsp3) is 0.391. The molecule has 0 saturated carbocycles. The van der Waals surface area contributed by atoms with Crippen LogP contribution in [0, 0.1) is 0 Å². The van der Waals surface area contributed by atoms with Crippen LogP contribution in [-0.2, 0) is 26.2 Å². The van der Waals surface area contributed by atoms with E-state index in [0.29, 0.717) is 22.9 Å². The fourth-order valence-corrected chi connectivity index (χ4v) is 4.54. The molecule has 0 fully saturated rings. The van der Waals surface area contributed by atoms with Gasteiger partial charge in [-0.3, -0.25) is 13.9 Å². The zero-order valence-corrected chi connectivity index (χ0v) is 21.9. The second kappa shape index (κ2) is 12.3. The lowest BCUT2D eigenvalue weighted by atomic mass is 10.1. The number of halogens is 2. The molecule has 11 heteroatoms. The standard InChI is InChI=1S/C23H29Cl2N3O5S/c1-5-11-26-23(30)16(2)27(14-17-7-6-8-18(24)12-17)22(29)15-28(34(4,31)32)19-9-10-21(33-3)20(25)13-19/h6-10,12-13,16H,5,11,14-15H2,1-4H3,(H,26,30)/t16-/m1/s1. The van der Waals surface area contributed by atoms with Crippen molar-refractivity contribution in [1.82, 2.24) is 10.2 Å². The lowest BCUT2D eigenvalue weighted by molar-refractivity contribution is -0.139. The monoisotopic (exact) mass is 529 g/mol. The number of nitrogens with zero attached hydrogens (tertiary/aromatic N) is 2. The number of ether oxygens (including phenoxy) is 1. The number of hydrogen-bond donors (Lipinski definition) is 1. The van der Waals surface area contributed by atoms with E-state index in [0.717, 1.165) is 17.0 Å². The van der Waals surface area contributed by atoms with Crippen LogP contribution in [0.3, 0.4) is 0 Å². The van der Waals surface area contributed by atoms with Crippen molar-refractivity contribution in [3.05, 3.63) is 58.1 Å². The minimum absolute atomic E-state index is 0.0705. The van der Waals surface area contributed by atoms with Gasteiger partial charge in [-0.05, 0) is 49.2 Å². The van der Waals surface area contributed by atoms with Crippen LogP contribution in [0.1, 0.15) is 25.8 Å². The van der Waals surface area contributed by atoms with Gasteiger partial charge >= 0.3 is 0 Å². The molecule has 0 unspecified atom stereocenters. The maximum Gasteiger partial charge on any atom is 0.244 e. The first-order valence-corrected chi connectivity index (χ1v) is 13.2. The van der Waals surface area contributed by atoms with Crippen LogP contribution < -0.4 is 14.4 Å². The Morgan fingerprint density at radius 3 is 2.41 bits per heavy atom. The summed E-state index contributed by atoms with van der Waals surface area (Å²) in [6.45, 7) is 3.53. The van der Waals surface area contributed by atoms with Crippen molar-refractivity contribution in [1.29, 1.82) is 0 Å². The second-order valence-corrected chi connectivity index (χ2v) is 10.5. The van der Waals surface area contributed by atoms with Crippen LogP contribution in [0.25, 0.3) is 0 Å². The molecule has 0 bridgehead atoms. The van der Waals surface area contributed by atoms with Gasteiger partial charge in [0.05, 0.1) is 24.1 Å². The average molecular weight is 530 g/mol. The topological polar surface area (TPSA) is 96.0 Å². The van der Waals surface area contributed by atoms with Gasteiger partial charge in [0.15, 0.2) is 0 Å². The smallest absolute Gasteiger partial charge is 0.244 e. The van der Waals surface area contributed by atoms with E-state index in [1.165, 1.54) is 30.2 Å². The molecule has 1 N–H and O–H groups in total. The minimum atomic E-state index is -3.86. The third-order valence-electron chi connectivity index (χ3n) is 5.06. The largest absolute Gasteiger partial charge is 0.495 e. The number of anilines is 1. The normalized spacial score (nSPS) is 12.1. The highest BCUT2D eigenvalue weighted by Gasteiger charge is 2.30. The number of carbonyl (C=O) groups is 2. The van der Waals surface area contributed by atoms with Crippen LogP contribution in [0.2, 0.25) is 10.0 Å². The first-order chi connectivity index (χ1) is 16.0. The number of amides is 2. The van der Waals surface area contributed by atoms with E-state index in [2.05, 4.69) is 5.32 Å². The van der Waals surface area contributed by atoms with Crippen LogP contribution in [0.15, 0.2) is 42.5 Å². The Bertz CT molecular complexity index is 1130. The third kappa shape index (κ3) is 7.51. The molecular formula is C23H29Cl2N3O5S. The summed E-state index contributed by atoms with van der Waals surface area (Å²) in [6, 6.07) is 10.5. The molecule has 0 spiro atoms. The molecular weight excluding hydrogens is 501 g/mol. The lowest BCUT2D eigenvalue weighted by Gasteiger charge is -2.31. The Hall–Kier alpha value is -2.49. The highest BCUT2D eigenvalue weighted by Crippen LogP contribution is 2.30. The maximum atomic E-state index is 13.4. The SMILES string of the molecule is CCCNC(=O)[C@@H](C)N(Cc1cccc(Cl)c1)C(=O)CN(c1ccc(OC)c(Cl)c1)S(C)(=O)=O. The molecule has 1 atom stereocenters. The molecule has 0 aromatic heterocycles. The quantitative estimate of drug-likeness (QED) is 0.478. The Morgan fingerprint density at radius 1 is 1.15 bits per heavy atom. The summed E-state index contributed by atoms with van der Waals surface area (Å²) in [5.41, 5.74) is 0.904. The molecule has 0 radical (unpaired) electrons. The van der Waals surface area contributed by atoms with Crippen LogP contribution in [-0.4, -0.2) is 57.6 Å². The van der Waals surface area contributed by atoms with Gasteiger partial charge < -0.3 is 15.0 Å². The number of hydrogen-bond acceptors (Lipinski definition) is 5. The Morgan fingerprint density at radius 2 is 1.85 bits per heavy atom. The molecule has 0 aliphatic carbocycles. The average Bonchev–Trinajstić information content (AvgIpc) is 2.78. The van der Waals surface area contributed by atoms with E-state index in [1.807, 2.05) is 6.92 Å². The number of sulfonamides is 1. The predicted octanol–water partition coefficient (Wildman–Crippen LogP) is 3.71. The van der Waals surface area contributed by atoms with Crippen LogP contribution in [0.4, 0.5) is 5.69 Å². The van der Waals surface area contributed by atoms with Crippen LogP contribution >= 0.6 is 23.2 Å². The highest BCUT2D eigenvalue weighted by atomic mass is 35.5. The number of rotatable bonds is 11. The zero-order chi connectivity index (χ0) is 25.5. The van der Waals surface area contributed by atoms with Crippen molar-refractivity contribution in [2.24, 2.45) is 0 Å². The second-order valence-electron chi connectivity index (χ2n) is 7.71. The summed E-state index contributed by atoms with van der Waals surface area (Å²) in [7, 11) is -2.42. The van der Waals surface area contributed by atoms with Crippen molar-refractivity contribution in [2.75, 3.05) is 30.8 Å². The van der Waals surface area contributed by atoms with E-state index in [1.54, 1.807) is 31.2 Å². The molecule has 186 valence electrons. The molecule has 0 heterocycles. The van der Waals surface area contributed by atoms with Gasteiger partial charge in [-0.1, -0.05) is 42.3 Å². The molecule has 34 heavy (non-hydrogen) atoms. The van der Waals surface area contributed by atoms with Gasteiger partial charge in [-0.25, -0.2) is 8.42 Å². The zero-order valence-electron chi connectivity index (χ0n) is 19.5. The highest BCUT2D eigenvalue weighted by molar-refractivity contribution is 7.92. The summed E-state index contributed by atoms with van der Waals surface area (Å²) in [6.07, 6.45) is 1.73. The van der Waals surface area contributed by atoms with E-state index in [-0.39, 0.29) is 23.2 Å². The van der Waals surface area contributed by atoms with Gasteiger partial charge in [0.1, 0.15) is 18.3 Å². The van der Waals surface area contributed by atoms with Crippen LogP contribution in [0.5, 0.6) is 5.75 Å². The minimum Gasteiger partial charge on any atom is -0.495 e. The van der Waals surface area contributed by atoms with Gasteiger partial charge in [0, 0.05) is 18.1 Å². The van der Waals surface area contributed by atoms with Gasteiger partial charge in [-0.15, -0.1) is 0 Å². The third-order valence-corrected chi connectivity index (χ3v) is 6.73. The van der Waals surface area contributed by atoms with Crippen molar-refractivity contribution >= 4 is 50.7 Å². The Labute approximate surface area is 210 Å². The molecule has 2 aromatic rings. The summed E-state index contributed by atoms with van der Waals surface area (Å²) < 4.78 is 31.2. The van der Waals surface area contributed by atoms with E-state index in [9.17, 15) is 18.0 Å². The van der Waals surface area contributed by atoms with Crippen molar-refractivity contribution in [3.63, 3.8) is 0 Å². The molecule has 8 nitrogen and oxygen atoms in total. The number of carbonyl (C=O) groups excluding carboxylic acids is 2. The molecule has 0 aliphatic heterocycles. The lowest BCUT2D eigenvalue weighted by Crippen LogP contribution is -2.51. The van der Waals surface area contributed by atoms with Crippen molar-refractivity contribution < 1.29 is 22.7 Å². The van der Waals surface area contributed by atoms with Gasteiger partial charge in [-0.2, -0.15) is 0 Å². The Kier molecular flexibility index (Phi) is 10.0. The van der Waals surface area contributed by atoms with Crippen molar-refractivity contribution in [3.8, 4) is 5.75 Å². The summed E-state index contributed by atoms with van der Waals surface area (Å²) >= 11 is 12.3. The molecule has 2 amide bonds. The van der Waals surface area contributed by atoms with E-state index >= 15 is 0 Å². The maximum absolute atomic E-state index is 13.4. The molecule has 2 aromatic carbocycles. The molecule has 0 saturated heterocycles.